The fourth-order valence-corrected chi connectivity index (χ4v) is 2.67. The number of benzene rings is 1. The lowest BCUT2D eigenvalue weighted by atomic mass is 9.95. The number of nitriles is 1. The summed E-state index contributed by atoms with van der Waals surface area (Å²) >= 11 is 0. The van der Waals surface area contributed by atoms with Crippen LogP contribution in [0.3, 0.4) is 0 Å². The van der Waals surface area contributed by atoms with Gasteiger partial charge in [0.25, 0.3) is 0 Å². The minimum atomic E-state index is -4.53. The Labute approximate surface area is 126 Å². The van der Waals surface area contributed by atoms with Gasteiger partial charge in [-0.05, 0) is 31.9 Å². The van der Waals surface area contributed by atoms with Crippen molar-refractivity contribution in [1.82, 2.24) is 10.4 Å². The zero-order valence-electron chi connectivity index (χ0n) is 12.2. The highest BCUT2D eigenvalue weighted by molar-refractivity contribution is 5.79. The van der Waals surface area contributed by atoms with Crippen molar-refractivity contribution < 1.29 is 18.0 Å². The van der Waals surface area contributed by atoms with E-state index in [1.165, 1.54) is 12.1 Å². The fourth-order valence-electron chi connectivity index (χ4n) is 2.67. The molecule has 1 amide bonds. The molecule has 1 atom stereocenters. The summed E-state index contributed by atoms with van der Waals surface area (Å²) in [5.74, 6) is -0.437. The van der Waals surface area contributed by atoms with E-state index in [0.717, 1.165) is 5.01 Å². The maximum atomic E-state index is 13.5. The van der Waals surface area contributed by atoms with Gasteiger partial charge in [0.15, 0.2) is 0 Å². The minimum absolute atomic E-state index is 0.000519. The zero-order valence-corrected chi connectivity index (χ0v) is 12.2. The van der Waals surface area contributed by atoms with Gasteiger partial charge in [-0.25, -0.2) is 5.01 Å². The molecule has 0 aromatic heterocycles. The number of halogens is 3. The van der Waals surface area contributed by atoms with Gasteiger partial charge < -0.3 is 0 Å². The van der Waals surface area contributed by atoms with Crippen LogP contribution in [-0.2, 0) is 11.2 Å². The standard InChI is InChI=1S/C15H16F3N3O/c1-14(2)8-13(22)20-21(14)12(15(16,17)18)7-10-5-3-4-6-11(10)9-19/h3-6,12H,7-8H2,1-2H3,(H,20,22). The third kappa shape index (κ3) is 3.22. The summed E-state index contributed by atoms with van der Waals surface area (Å²) in [4.78, 5) is 11.5. The molecule has 1 unspecified atom stereocenters. The van der Waals surface area contributed by atoms with Crippen molar-refractivity contribution in [1.29, 1.82) is 5.26 Å². The van der Waals surface area contributed by atoms with Crippen molar-refractivity contribution in [3.63, 3.8) is 0 Å². The normalized spacial score (nSPS) is 19.5. The monoisotopic (exact) mass is 311 g/mol. The molecule has 0 aliphatic carbocycles. The van der Waals surface area contributed by atoms with Gasteiger partial charge in [-0.3, -0.25) is 10.2 Å². The molecule has 0 radical (unpaired) electrons. The number of nitrogens with zero attached hydrogens (tertiary/aromatic N) is 2. The average Bonchev–Trinajstić information content (AvgIpc) is 2.67. The first-order valence-electron chi connectivity index (χ1n) is 6.79. The zero-order chi connectivity index (χ0) is 16.5. The predicted molar refractivity (Wildman–Crippen MR) is 73.4 cm³/mol. The van der Waals surface area contributed by atoms with Crippen molar-refractivity contribution in [2.75, 3.05) is 0 Å². The lowest BCUT2D eigenvalue weighted by Crippen LogP contribution is -2.57. The number of carbonyl (C=O) groups excluding carboxylic acids is 1. The molecule has 22 heavy (non-hydrogen) atoms. The van der Waals surface area contributed by atoms with E-state index >= 15 is 0 Å². The Hall–Kier alpha value is -2.07. The van der Waals surface area contributed by atoms with E-state index in [0.29, 0.717) is 5.56 Å². The topological polar surface area (TPSA) is 56.1 Å². The summed E-state index contributed by atoms with van der Waals surface area (Å²) in [6.45, 7) is 3.17. The number of hydrazine groups is 1. The Morgan fingerprint density at radius 3 is 2.55 bits per heavy atom. The molecule has 0 bridgehead atoms. The molecule has 0 spiro atoms. The van der Waals surface area contributed by atoms with Crippen LogP contribution in [0.25, 0.3) is 0 Å². The summed E-state index contributed by atoms with van der Waals surface area (Å²) in [5.41, 5.74) is 1.87. The van der Waals surface area contributed by atoms with Gasteiger partial charge in [-0.15, -0.1) is 0 Å². The molecule has 1 fully saturated rings. The maximum absolute atomic E-state index is 13.5. The van der Waals surface area contributed by atoms with Crippen molar-refractivity contribution in [3.8, 4) is 6.07 Å². The van der Waals surface area contributed by atoms with Crippen LogP contribution in [0.4, 0.5) is 13.2 Å². The van der Waals surface area contributed by atoms with E-state index in [2.05, 4.69) is 5.43 Å². The van der Waals surface area contributed by atoms with E-state index in [4.69, 9.17) is 5.26 Å². The Balaban J connectivity index is 2.37. The van der Waals surface area contributed by atoms with E-state index in [1.807, 2.05) is 6.07 Å². The Morgan fingerprint density at radius 2 is 2.05 bits per heavy atom. The molecule has 1 aromatic carbocycles. The summed E-state index contributed by atoms with van der Waals surface area (Å²) < 4.78 is 40.5. The minimum Gasteiger partial charge on any atom is -0.288 e. The van der Waals surface area contributed by atoms with Crippen LogP contribution in [0.15, 0.2) is 24.3 Å². The fraction of sp³-hybridized carbons (Fsp3) is 0.467. The number of rotatable bonds is 3. The highest BCUT2D eigenvalue weighted by Crippen LogP contribution is 2.35. The Kier molecular flexibility index (Phi) is 4.16. The smallest absolute Gasteiger partial charge is 0.288 e. The predicted octanol–water partition coefficient (Wildman–Crippen LogP) is 2.55. The molecule has 1 aromatic rings. The number of alkyl halides is 3. The van der Waals surface area contributed by atoms with Crippen LogP contribution in [-0.4, -0.2) is 28.7 Å². The Morgan fingerprint density at radius 1 is 1.41 bits per heavy atom. The molecule has 1 heterocycles. The number of nitrogens with one attached hydrogen (secondary N) is 1. The number of hydrogen-bond acceptors (Lipinski definition) is 3. The van der Waals surface area contributed by atoms with Crippen LogP contribution >= 0.6 is 0 Å². The van der Waals surface area contributed by atoms with Gasteiger partial charge >= 0.3 is 6.18 Å². The second kappa shape index (κ2) is 5.61. The van der Waals surface area contributed by atoms with Gasteiger partial charge in [0.05, 0.1) is 11.6 Å². The number of hydrogen-bond donors (Lipinski definition) is 1. The summed E-state index contributed by atoms with van der Waals surface area (Å²) in [6, 6.07) is 6.20. The van der Waals surface area contributed by atoms with Crippen molar-refractivity contribution in [2.45, 2.75) is 44.4 Å². The molecule has 1 aliphatic rings. The molecule has 4 nitrogen and oxygen atoms in total. The molecule has 2 rings (SSSR count). The van der Waals surface area contributed by atoms with Crippen LogP contribution in [0.5, 0.6) is 0 Å². The lowest BCUT2D eigenvalue weighted by Gasteiger charge is -2.37. The first-order valence-corrected chi connectivity index (χ1v) is 6.79. The van der Waals surface area contributed by atoms with E-state index in [1.54, 1.807) is 26.0 Å². The number of amides is 1. The van der Waals surface area contributed by atoms with Crippen LogP contribution < -0.4 is 5.43 Å². The van der Waals surface area contributed by atoms with Crippen LogP contribution in [0, 0.1) is 11.3 Å². The highest BCUT2D eigenvalue weighted by atomic mass is 19.4. The first-order chi connectivity index (χ1) is 10.1. The average molecular weight is 311 g/mol. The van der Waals surface area contributed by atoms with Gasteiger partial charge in [0.2, 0.25) is 5.91 Å². The molecule has 0 saturated carbocycles. The van der Waals surface area contributed by atoms with Crippen molar-refractivity contribution in [3.05, 3.63) is 35.4 Å². The third-order valence-corrected chi connectivity index (χ3v) is 3.73. The quantitative estimate of drug-likeness (QED) is 0.933. The lowest BCUT2D eigenvalue weighted by molar-refractivity contribution is -0.200. The summed E-state index contributed by atoms with van der Waals surface area (Å²) in [6.07, 6.45) is -4.92. The van der Waals surface area contributed by atoms with Gasteiger partial charge in [-0.1, -0.05) is 18.2 Å². The second-order valence-corrected chi connectivity index (χ2v) is 5.92. The summed E-state index contributed by atoms with van der Waals surface area (Å²) in [5, 5.41) is 9.99. The van der Waals surface area contributed by atoms with Gasteiger partial charge in [-0.2, -0.15) is 18.4 Å². The molecule has 1 N–H and O–H groups in total. The largest absolute Gasteiger partial charge is 0.406 e. The van der Waals surface area contributed by atoms with E-state index < -0.39 is 30.1 Å². The maximum Gasteiger partial charge on any atom is 0.406 e. The Bertz CT molecular complexity index is 619. The van der Waals surface area contributed by atoms with E-state index in [-0.39, 0.29) is 12.0 Å². The second-order valence-electron chi connectivity index (χ2n) is 5.92. The molecule has 1 aliphatic heterocycles. The molecule has 7 heteroatoms. The highest BCUT2D eigenvalue weighted by Gasteiger charge is 2.52. The SMILES string of the molecule is CC1(C)CC(=O)NN1C(Cc1ccccc1C#N)C(F)(F)F. The molecule has 118 valence electrons. The first kappa shape index (κ1) is 16.3. The van der Waals surface area contributed by atoms with Crippen molar-refractivity contribution >= 4 is 5.91 Å². The third-order valence-electron chi connectivity index (χ3n) is 3.73. The van der Waals surface area contributed by atoms with Crippen molar-refractivity contribution in [2.24, 2.45) is 0 Å². The van der Waals surface area contributed by atoms with Crippen LogP contribution in [0.2, 0.25) is 0 Å². The van der Waals surface area contributed by atoms with E-state index in [9.17, 15) is 18.0 Å². The molecule has 1 saturated heterocycles. The molecular weight excluding hydrogens is 295 g/mol. The van der Waals surface area contributed by atoms with Gasteiger partial charge in [0.1, 0.15) is 6.04 Å². The van der Waals surface area contributed by atoms with Crippen LogP contribution in [0.1, 0.15) is 31.4 Å². The summed E-state index contributed by atoms with van der Waals surface area (Å²) in [7, 11) is 0. The molecular formula is C15H16F3N3O. The number of carbonyl (C=O) groups is 1. The van der Waals surface area contributed by atoms with Gasteiger partial charge in [0, 0.05) is 12.0 Å².